The number of unbranched alkanes of at least 4 members (excludes halogenated alkanes) is 2. The van der Waals surface area contributed by atoms with Crippen molar-refractivity contribution in [2.24, 2.45) is 0 Å². The highest BCUT2D eigenvalue weighted by molar-refractivity contribution is 7.92. The van der Waals surface area contributed by atoms with E-state index >= 15 is 0 Å². The Labute approximate surface area is 331 Å². The SMILES string of the molecule is CCCCN1CCS(=O)(=O)[C@H]2[C@@H]3O[C@H](c4ccccc4)OC[C@H]3O[C@@H](OC)[C@H]21.CCCCN1CCS(=O)(=O)[C@H]2[C@@H]3O[C@H](c4ccccc4)OC[C@H]3O[C@@H](OC)[C@H]21. The Hall–Kier alpha value is -2.06. The fraction of sp³-hybridized carbons (Fsp3) is 0.700. The molecule has 0 unspecified atom stereocenters. The van der Waals surface area contributed by atoms with Crippen molar-refractivity contribution in [2.75, 3.05) is 65.1 Å². The highest BCUT2D eigenvalue weighted by Gasteiger charge is 2.60. The molecule has 2 aromatic carbocycles. The zero-order chi connectivity index (χ0) is 39.5. The van der Waals surface area contributed by atoms with Crippen LogP contribution >= 0.6 is 0 Å². The van der Waals surface area contributed by atoms with E-state index in [-0.39, 0.29) is 36.8 Å². The Morgan fingerprint density at radius 2 is 1.00 bits per heavy atom. The minimum atomic E-state index is -3.34. The van der Waals surface area contributed by atoms with Crippen LogP contribution < -0.4 is 0 Å². The molecule has 0 amide bonds. The van der Waals surface area contributed by atoms with Crippen molar-refractivity contribution in [1.82, 2.24) is 9.80 Å². The average Bonchev–Trinajstić information content (AvgIpc) is 3.22. The molecule has 6 fully saturated rings. The topological polar surface area (TPSA) is 149 Å². The molecule has 0 radical (unpaired) electrons. The molecule has 56 heavy (non-hydrogen) atoms. The van der Waals surface area contributed by atoms with Crippen LogP contribution in [0.25, 0.3) is 0 Å². The van der Waals surface area contributed by atoms with Gasteiger partial charge in [-0.15, -0.1) is 0 Å². The summed E-state index contributed by atoms with van der Waals surface area (Å²) in [6, 6.07) is 18.5. The van der Waals surface area contributed by atoms with E-state index in [4.69, 9.17) is 37.9 Å². The van der Waals surface area contributed by atoms with E-state index in [1.807, 2.05) is 60.7 Å². The van der Waals surface area contributed by atoms with Crippen molar-refractivity contribution in [3.05, 3.63) is 71.8 Å². The molecule has 2 aromatic rings. The van der Waals surface area contributed by atoms with Crippen molar-refractivity contribution in [2.45, 2.75) is 112 Å². The Balaban J connectivity index is 0.000000172. The molecule has 6 aliphatic rings. The number of fused-ring (bicyclic) bond motifs is 6. The number of methoxy groups -OCH3 is 2. The largest absolute Gasteiger partial charge is 0.354 e. The first-order valence-corrected chi connectivity index (χ1v) is 23.4. The normalized spacial score (nSPS) is 37.8. The summed E-state index contributed by atoms with van der Waals surface area (Å²) in [6.45, 7) is 7.47. The first-order valence-electron chi connectivity index (χ1n) is 20.0. The van der Waals surface area contributed by atoms with Gasteiger partial charge in [-0.2, -0.15) is 0 Å². The zero-order valence-corrected chi connectivity index (χ0v) is 34.4. The summed E-state index contributed by atoms with van der Waals surface area (Å²) in [6.07, 6.45) is -0.392. The summed E-state index contributed by atoms with van der Waals surface area (Å²) in [5.74, 6) is 0.273. The molecule has 0 saturated carbocycles. The highest BCUT2D eigenvalue weighted by atomic mass is 32.2. The van der Waals surface area contributed by atoms with Gasteiger partial charge in [0.1, 0.15) is 34.9 Å². The first-order chi connectivity index (χ1) is 27.1. The standard InChI is InChI=1S/2C20H29NO6S/c2*1-3-4-10-21-11-12-28(22,23)18-16(21)20(24-2)26-15-13-25-19(27-17(15)18)14-8-6-5-7-9-14/h2*5-9,15-20H,3-4,10-13H2,1-2H3/t2*15-,16+,17-,18-,19-,20-/m11/s1. The van der Waals surface area contributed by atoms with Gasteiger partial charge < -0.3 is 37.9 Å². The minimum Gasteiger partial charge on any atom is -0.354 e. The van der Waals surface area contributed by atoms with Gasteiger partial charge in [0.25, 0.3) is 0 Å². The van der Waals surface area contributed by atoms with Gasteiger partial charge in [-0.25, -0.2) is 16.8 Å². The molecule has 0 aromatic heterocycles. The van der Waals surface area contributed by atoms with Gasteiger partial charge in [0.2, 0.25) is 0 Å². The summed E-state index contributed by atoms with van der Waals surface area (Å²) >= 11 is 0. The molecular weight excluding hydrogens is 765 g/mol. The fourth-order valence-corrected chi connectivity index (χ4v) is 13.2. The molecule has 14 nitrogen and oxygen atoms in total. The minimum absolute atomic E-state index is 0.137. The second kappa shape index (κ2) is 18.5. The van der Waals surface area contributed by atoms with Gasteiger partial charge in [0.15, 0.2) is 44.8 Å². The van der Waals surface area contributed by atoms with Crippen molar-refractivity contribution >= 4 is 19.7 Å². The van der Waals surface area contributed by atoms with Crippen LogP contribution in [0.5, 0.6) is 0 Å². The molecule has 0 spiro atoms. The molecule has 16 heteroatoms. The second-order valence-electron chi connectivity index (χ2n) is 15.3. The quantitative estimate of drug-likeness (QED) is 0.345. The van der Waals surface area contributed by atoms with E-state index in [1.54, 1.807) is 14.2 Å². The Morgan fingerprint density at radius 3 is 1.36 bits per heavy atom. The average molecular weight is 823 g/mol. The number of benzene rings is 2. The van der Waals surface area contributed by atoms with Crippen LogP contribution in [0, 0.1) is 0 Å². The number of ether oxygens (including phenoxy) is 8. The Bertz CT molecular complexity index is 1640. The third-order valence-corrected chi connectivity index (χ3v) is 16.1. The molecule has 6 heterocycles. The van der Waals surface area contributed by atoms with E-state index in [0.717, 1.165) is 49.9 Å². The lowest BCUT2D eigenvalue weighted by Gasteiger charge is -2.53. The number of nitrogens with zero attached hydrogens (tertiary/aromatic N) is 2. The van der Waals surface area contributed by atoms with Gasteiger partial charge in [0, 0.05) is 38.4 Å². The van der Waals surface area contributed by atoms with E-state index in [9.17, 15) is 16.8 Å². The van der Waals surface area contributed by atoms with Gasteiger partial charge in [-0.1, -0.05) is 87.4 Å². The molecule has 0 bridgehead atoms. The molecule has 6 saturated heterocycles. The lowest BCUT2D eigenvalue weighted by Crippen LogP contribution is -2.71. The van der Waals surface area contributed by atoms with Gasteiger partial charge >= 0.3 is 0 Å². The highest BCUT2D eigenvalue weighted by Crippen LogP contribution is 2.42. The van der Waals surface area contributed by atoms with E-state index < -0.39 is 79.8 Å². The van der Waals surface area contributed by atoms with Crippen molar-refractivity contribution in [1.29, 1.82) is 0 Å². The van der Waals surface area contributed by atoms with Crippen LogP contribution in [0.2, 0.25) is 0 Å². The van der Waals surface area contributed by atoms with E-state index in [0.29, 0.717) is 13.1 Å². The van der Waals surface area contributed by atoms with Gasteiger partial charge in [0.05, 0.1) is 36.8 Å². The number of hydrogen-bond donors (Lipinski definition) is 0. The maximum Gasteiger partial charge on any atom is 0.184 e. The Morgan fingerprint density at radius 1 is 0.607 bits per heavy atom. The van der Waals surface area contributed by atoms with Crippen molar-refractivity contribution in [3.8, 4) is 0 Å². The molecule has 12 atom stereocenters. The van der Waals surface area contributed by atoms with Gasteiger partial charge in [-0.3, -0.25) is 9.80 Å². The van der Waals surface area contributed by atoms with E-state index in [1.165, 1.54) is 0 Å². The zero-order valence-electron chi connectivity index (χ0n) is 32.8. The number of hydrogen-bond acceptors (Lipinski definition) is 14. The van der Waals surface area contributed by atoms with Crippen molar-refractivity contribution in [3.63, 3.8) is 0 Å². The number of rotatable bonds is 10. The molecule has 312 valence electrons. The molecule has 0 N–H and O–H groups in total. The van der Waals surface area contributed by atoms with Crippen LogP contribution in [0.3, 0.4) is 0 Å². The summed E-state index contributed by atoms with van der Waals surface area (Å²) < 4.78 is 100. The molecule has 8 rings (SSSR count). The summed E-state index contributed by atoms with van der Waals surface area (Å²) in [4.78, 5) is 4.41. The van der Waals surface area contributed by atoms with Gasteiger partial charge in [-0.05, 0) is 25.9 Å². The second-order valence-corrected chi connectivity index (χ2v) is 19.9. The number of sulfone groups is 2. The van der Waals surface area contributed by atoms with E-state index in [2.05, 4.69) is 23.6 Å². The predicted molar refractivity (Wildman–Crippen MR) is 207 cm³/mol. The van der Waals surface area contributed by atoms with Crippen molar-refractivity contribution < 1.29 is 54.7 Å². The molecular formula is C40H58N2O12S2. The van der Waals surface area contributed by atoms with Crippen LogP contribution in [0.15, 0.2) is 60.7 Å². The summed E-state index contributed by atoms with van der Waals surface area (Å²) in [7, 11) is -3.55. The molecule has 0 aliphatic carbocycles. The lowest BCUT2D eigenvalue weighted by atomic mass is 9.96. The van der Waals surface area contributed by atoms with Crippen LogP contribution in [0.4, 0.5) is 0 Å². The predicted octanol–water partition coefficient (Wildman–Crippen LogP) is 3.48. The monoisotopic (exact) mass is 822 g/mol. The Kier molecular flexibility index (Phi) is 13.9. The van der Waals surface area contributed by atoms with Crippen LogP contribution in [0.1, 0.15) is 63.2 Å². The third-order valence-electron chi connectivity index (χ3n) is 11.8. The van der Waals surface area contributed by atoms with Crippen LogP contribution in [-0.4, -0.2) is 151 Å². The smallest absolute Gasteiger partial charge is 0.184 e. The molecule has 6 aliphatic heterocycles. The first kappa shape index (κ1) is 42.1. The summed E-state index contributed by atoms with van der Waals surface area (Å²) in [5.41, 5.74) is 1.75. The lowest BCUT2D eigenvalue weighted by molar-refractivity contribution is -0.325. The third kappa shape index (κ3) is 8.77. The maximum atomic E-state index is 13.1. The fourth-order valence-electron chi connectivity index (χ4n) is 8.97. The summed E-state index contributed by atoms with van der Waals surface area (Å²) in [5, 5.41) is -1.37. The maximum absolute atomic E-state index is 13.1. The van der Waals surface area contributed by atoms with Crippen LogP contribution in [-0.2, 0) is 57.6 Å².